The molecule has 0 bridgehead atoms. The van der Waals surface area contributed by atoms with Crippen LogP contribution in [0.1, 0.15) is 27.2 Å². The first kappa shape index (κ1) is 20.5. The predicted octanol–water partition coefficient (Wildman–Crippen LogP) is 1.44. The number of hydrogen-bond acceptors (Lipinski definition) is 8. The lowest BCUT2D eigenvalue weighted by molar-refractivity contribution is -0.219. The Bertz CT molecular complexity index is 573. The molecule has 0 spiro atoms. The number of ether oxygens (including phenoxy) is 4. The topological polar surface area (TPSA) is 137 Å². The molecule has 0 aromatic heterocycles. The molecule has 0 aromatic rings. The van der Waals surface area contributed by atoms with Gasteiger partial charge < -0.3 is 18.9 Å². The van der Waals surface area contributed by atoms with Crippen LogP contribution in [0.15, 0.2) is 17.8 Å². The van der Waals surface area contributed by atoms with E-state index in [2.05, 4.69) is 16.6 Å². The Morgan fingerprint density at radius 2 is 1.72 bits per heavy atom. The summed E-state index contributed by atoms with van der Waals surface area (Å²) < 4.78 is 21.2. The molecular formula is C15H21N3O7. The summed E-state index contributed by atoms with van der Waals surface area (Å²) in [5.41, 5.74) is 8.83. The second kappa shape index (κ2) is 9.65. The molecule has 1 aliphatic rings. The quantitative estimate of drug-likeness (QED) is 0.168. The smallest absolute Gasteiger partial charge is 0.303 e. The van der Waals surface area contributed by atoms with Crippen LogP contribution in [0.25, 0.3) is 10.4 Å². The summed E-state index contributed by atoms with van der Waals surface area (Å²) in [4.78, 5) is 36.8. The number of hydrogen-bond donors (Lipinski definition) is 0. The van der Waals surface area contributed by atoms with Crippen molar-refractivity contribution in [2.24, 2.45) is 5.11 Å². The molecule has 1 rings (SSSR count). The molecule has 25 heavy (non-hydrogen) atoms. The van der Waals surface area contributed by atoms with E-state index >= 15 is 0 Å². The third-order valence-electron chi connectivity index (χ3n) is 3.40. The molecule has 5 unspecified atom stereocenters. The van der Waals surface area contributed by atoms with E-state index in [0.717, 1.165) is 0 Å². The average Bonchev–Trinajstić information content (AvgIpc) is 2.50. The highest BCUT2D eigenvalue weighted by Crippen LogP contribution is 2.30. The summed E-state index contributed by atoms with van der Waals surface area (Å²) in [5, 5.41) is 3.64. The Morgan fingerprint density at radius 1 is 1.12 bits per heavy atom. The fourth-order valence-electron chi connectivity index (χ4n) is 2.56. The third-order valence-corrected chi connectivity index (χ3v) is 3.40. The number of esters is 3. The maximum Gasteiger partial charge on any atom is 0.303 e. The van der Waals surface area contributed by atoms with Gasteiger partial charge in [-0.25, -0.2) is 0 Å². The molecule has 138 valence electrons. The summed E-state index contributed by atoms with van der Waals surface area (Å²) in [7, 11) is 0. The number of carbonyl (C=O) groups is 3. The standard InChI is InChI=1S/C15H21N3O7/c1-5-6-11-13(17-18-16)15(24-10(4)21)14(23-9(3)20)12(25-11)7-22-8(2)19/h5,11-15H,1,6-7H2,2-4H3. The van der Waals surface area contributed by atoms with Gasteiger partial charge in [0.25, 0.3) is 0 Å². The van der Waals surface area contributed by atoms with E-state index in [9.17, 15) is 14.4 Å². The highest BCUT2D eigenvalue weighted by molar-refractivity contribution is 5.68. The van der Waals surface area contributed by atoms with Gasteiger partial charge >= 0.3 is 17.9 Å². The second-order valence-corrected chi connectivity index (χ2v) is 5.38. The van der Waals surface area contributed by atoms with Gasteiger partial charge in [-0.3, -0.25) is 14.4 Å². The van der Waals surface area contributed by atoms with E-state index in [1.165, 1.54) is 20.8 Å². The summed E-state index contributed by atoms with van der Waals surface area (Å²) >= 11 is 0. The van der Waals surface area contributed by atoms with Gasteiger partial charge in [0.1, 0.15) is 18.8 Å². The number of carbonyl (C=O) groups excluding carboxylic acids is 3. The molecule has 5 atom stereocenters. The lowest BCUT2D eigenvalue weighted by Gasteiger charge is -2.43. The minimum Gasteiger partial charge on any atom is -0.463 e. The Balaban J connectivity index is 3.23. The molecule has 0 amide bonds. The molecule has 1 heterocycles. The summed E-state index contributed by atoms with van der Waals surface area (Å²) in [6.07, 6.45) is -1.94. The van der Waals surface area contributed by atoms with Gasteiger partial charge in [0.05, 0.1) is 6.10 Å². The van der Waals surface area contributed by atoms with Gasteiger partial charge in [-0.1, -0.05) is 11.2 Å². The Labute approximate surface area is 144 Å². The van der Waals surface area contributed by atoms with Crippen molar-refractivity contribution >= 4 is 17.9 Å². The summed E-state index contributed by atoms with van der Waals surface area (Å²) in [5.74, 6) is -1.85. The maximum atomic E-state index is 11.5. The van der Waals surface area contributed by atoms with Crippen molar-refractivity contribution in [2.45, 2.75) is 57.6 Å². The minimum atomic E-state index is -1.10. The van der Waals surface area contributed by atoms with Crippen molar-refractivity contribution in [1.82, 2.24) is 0 Å². The minimum absolute atomic E-state index is 0.221. The molecule has 1 fully saturated rings. The average molecular weight is 355 g/mol. The molecule has 0 aliphatic carbocycles. The fraction of sp³-hybridized carbons (Fsp3) is 0.667. The van der Waals surface area contributed by atoms with Crippen LogP contribution in [0.2, 0.25) is 0 Å². The lowest BCUT2D eigenvalue weighted by Crippen LogP contribution is -2.60. The van der Waals surface area contributed by atoms with E-state index in [-0.39, 0.29) is 13.0 Å². The van der Waals surface area contributed by atoms with Crippen LogP contribution in [0.5, 0.6) is 0 Å². The van der Waals surface area contributed by atoms with Crippen molar-refractivity contribution in [2.75, 3.05) is 6.61 Å². The molecule has 0 saturated carbocycles. The van der Waals surface area contributed by atoms with Crippen molar-refractivity contribution in [1.29, 1.82) is 0 Å². The zero-order chi connectivity index (χ0) is 19.0. The lowest BCUT2D eigenvalue weighted by atomic mass is 9.91. The van der Waals surface area contributed by atoms with Gasteiger partial charge in [-0.2, -0.15) is 0 Å². The second-order valence-electron chi connectivity index (χ2n) is 5.38. The highest BCUT2D eigenvalue weighted by atomic mass is 16.6. The predicted molar refractivity (Wildman–Crippen MR) is 84.2 cm³/mol. The van der Waals surface area contributed by atoms with Crippen LogP contribution in [0.4, 0.5) is 0 Å². The molecule has 1 saturated heterocycles. The van der Waals surface area contributed by atoms with Gasteiger partial charge in [-0.15, -0.1) is 6.58 Å². The molecule has 1 aliphatic heterocycles. The summed E-state index contributed by atoms with van der Waals surface area (Å²) in [6.45, 7) is 6.96. The normalized spacial score (nSPS) is 28.2. The maximum absolute atomic E-state index is 11.5. The van der Waals surface area contributed by atoms with Crippen LogP contribution in [0.3, 0.4) is 0 Å². The third kappa shape index (κ3) is 6.09. The molecule has 10 nitrogen and oxygen atoms in total. The van der Waals surface area contributed by atoms with Crippen LogP contribution >= 0.6 is 0 Å². The molecular weight excluding hydrogens is 334 g/mol. The van der Waals surface area contributed by atoms with E-state index in [1.807, 2.05) is 0 Å². The van der Waals surface area contributed by atoms with Crippen molar-refractivity contribution in [3.63, 3.8) is 0 Å². The van der Waals surface area contributed by atoms with Crippen molar-refractivity contribution in [3.8, 4) is 0 Å². The van der Waals surface area contributed by atoms with Crippen LogP contribution in [-0.4, -0.2) is 55.0 Å². The number of azide groups is 1. The van der Waals surface area contributed by atoms with Gasteiger partial charge in [-0.05, 0) is 12.0 Å². The van der Waals surface area contributed by atoms with Crippen LogP contribution in [-0.2, 0) is 33.3 Å². The first-order valence-corrected chi connectivity index (χ1v) is 7.58. The molecule has 0 aromatic carbocycles. The summed E-state index contributed by atoms with van der Waals surface area (Å²) in [6, 6.07) is -0.940. The van der Waals surface area contributed by atoms with Crippen LogP contribution < -0.4 is 0 Å². The molecule has 0 radical (unpaired) electrons. The van der Waals surface area contributed by atoms with Crippen LogP contribution in [0, 0.1) is 0 Å². The van der Waals surface area contributed by atoms with Crippen molar-refractivity contribution < 1.29 is 33.3 Å². The fourth-order valence-corrected chi connectivity index (χ4v) is 2.56. The number of nitrogens with zero attached hydrogens (tertiary/aromatic N) is 3. The van der Waals surface area contributed by atoms with Gasteiger partial charge in [0, 0.05) is 25.7 Å². The Kier molecular flexibility index (Phi) is 7.90. The Hall–Kier alpha value is -2.58. The zero-order valence-corrected chi connectivity index (χ0v) is 14.3. The molecule has 0 N–H and O–H groups in total. The zero-order valence-electron chi connectivity index (χ0n) is 14.3. The van der Waals surface area contributed by atoms with Gasteiger partial charge in [0.15, 0.2) is 12.2 Å². The van der Waals surface area contributed by atoms with E-state index in [0.29, 0.717) is 0 Å². The first-order valence-electron chi connectivity index (χ1n) is 7.58. The largest absolute Gasteiger partial charge is 0.463 e. The molecule has 10 heteroatoms. The number of rotatable bonds is 7. The Morgan fingerprint density at radius 3 is 2.20 bits per heavy atom. The first-order chi connectivity index (χ1) is 11.8. The monoisotopic (exact) mass is 355 g/mol. The SMILES string of the molecule is C=CCC1OC(COC(C)=O)C(OC(C)=O)C(OC(C)=O)C1N=[N+]=[N-]. The van der Waals surface area contributed by atoms with Crippen molar-refractivity contribution in [3.05, 3.63) is 23.1 Å². The van der Waals surface area contributed by atoms with E-state index in [4.69, 9.17) is 24.5 Å². The van der Waals surface area contributed by atoms with E-state index in [1.54, 1.807) is 6.08 Å². The van der Waals surface area contributed by atoms with E-state index < -0.39 is 48.4 Å². The van der Waals surface area contributed by atoms with Gasteiger partial charge in [0.2, 0.25) is 0 Å². The highest BCUT2D eigenvalue weighted by Gasteiger charge is 2.49.